The summed E-state index contributed by atoms with van der Waals surface area (Å²) in [7, 11) is -3.66. The number of hydrogen-bond acceptors (Lipinski definition) is 4. The zero-order valence-electron chi connectivity index (χ0n) is 19.1. The summed E-state index contributed by atoms with van der Waals surface area (Å²) >= 11 is 0. The predicted molar refractivity (Wildman–Crippen MR) is 136 cm³/mol. The van der Waals surface area contributed by atoms with Gasteiger partial charge in [0.1, 0.15) is 0 Å². The maximum Gasteiger partial charge on any atom is 0.264 e. The standard InChI is InChI=1S/C27H29N3O3S/c31-27(22-16-19-29(20-17-22)24-9-2-1-3-10-24)28-23-12-14-25(15-13-23)34(32,33)30-18-6-8-21-7-4-5-11-26(21)30/h1-5,7,9-15,22H,6,8,16-20H2,(H,28,31). The van der Waals surface area contributed by atoms with Gasteiger partial charge in [0.25, 0.3) is 10.0 Å². The number of sulfonamides is 1. The number of para-hydroxylation sites is 2. The fourth-order valence-corrected chi connectivity index (χ4v) is 6.41. The van der Waals surface area contributed by atoms with Gasteiger partial charge in [-0.1, -0.05) is 36.4 Å². The van der Waals surface area contributed by atoms with Gasteiger partial charge in [-0.2, -0.15) is 0 Å². The van der Waals surface area contributed by atoms with E-state index in [0.717, 1.165) is 50.0 Å². The molecule has 5 rings (SSSR count). The van der Waals surface area contributed by atoms with Crippen LogP contribution in [0.4, 0.5) is 17.1 Å². The summed E-state index contributed by atoms with van der Waals surface area (Å²) < 4.78 is 28.1. The summed E-state index contributed by atoms with van der Waals surface area (Å²) in [4.78, 5) is 15.4. The monoisotopic (exact) mass is 475 g/mol. The molecule has 3 aromatic carbocycles. The largest absolute Gasteiger partial charge is 0.371 e. The molecule has 2 heterocycles. The molecule has 1 amide bonds. The minimum Gasteiger partial charge on any atom is -0.371 e. The third-order valence-corrected chi connectivity index (χ3v) is 8.59. The number of benzene rings is 3. The van der Waals surface area contributed by atoms with Gasteiger partial charge in [-0.05, 0) is 73.7 Å². The van der Waals surface area contributed by atoms with Crippen molar-refractivity contribution < 1.29 is 13.2 Å². The fraction of sp³-hybridized carbons (Fsp3) is 0.296. The van der Waals surface area contributed by atoms with Gasteiger partial charge in [-0.15, -0.1) is 0 Å². The Kier molecular flexibility index (Phi) is 6.28. The van der Waals surface area contributed by atoms with Crippen molar-refractivity contribution in [1.82, 2.24) is 0 Å². The molecule has 0 bridgehead atoms. The van der Waals surface area contributed by atoms with Crippen LogP contribution in [0.3, 0.4) is 0 Å². The molecule has 6 nitrogen and oxygen atoms in total. The molecule has 0 unspecified atom stereocenters. The maximum atomic E-state index is 13.3. The number of amides is 1. The van der Waals surface area contributed by atoms with Crippen LogP contribution < -0.4 is 14.5 Å². The Morgan fingerprint density at radius 1 is 0.824 bits per heavy atom. The first kappa shape index (κ1) is 22.5. The van der Waals surface area contributed by atoms with E-state index in [1.54, 1.807) is 24.3 Å². The van der Waals surface area contributed by atoms with Gasteiger partial charge in [0.05, 0.1) is 10.6 Å². The molecule has 1 fully saturated rings. The Labute approximate surface area is 201 Å². The summed E-state index contributed by atoms with van der Waals surface area (Å²) in [5, 5.41) is 2.97. The number of nitrogens with zero attached hydrogens (tertiary/aromatic N) is 2. The van der Waals surface area contributed by atoms with Crippen molar-refractivity contribution in [2.75, 3.05) is 34.2 Å². The number of anilines is 3. The van der Waals surface area contributed by atoms with Crippen molar-refractivity contribution in [2.24, 2.45) is 5.92 Å². The van der Waals surface area contributed by atoms with Gasteiger partial charge >= 0.3 is 0 Å². The highest BCUT2D eigenvalue weighted by Gasteiger charge is 2.29. The van der Waals surface area contributed by atoms with E-state index in [1.165, 1.54) is 9.99 Å². The summed E-state index contributed by atoms with van der Waals surface area (Å²) in [5.41, 5.74) is 3.62. The average molecular weight is 476 g/mol. The van der Waals surface area contributed by atoms with Crippen molar-refractivity contribution in [1.29, 1.82) is 0 Å². The molecule has 0 saturated carbocycles. The van der Waals surface area contributed by atoms with Crippen LogP contribution in [0.1, 0.15) is 24.8 Å². The van der Waals surface area contributed by atoms with E-state index in [9.17, 15) is 13.2 Å². The molecular weight excluding hydrogens is 446 g/mol. The van der Waals surface area contributed by atoms with E-state index in [1.807, 2.05) is 42.5 Å². The zero-order chi connectivity index (χ0) is 23.5. The molecule has 34 heavy (non-hydrogen) atoms. The third-order valence-electron chi connectivity index (χ3n) is 6.76. The first-order chi connectivity index (χ1) is 16.5. The molecule has 0 spiro atoms. The lowest BCUT2D eigenvalue weighted by Crippen LogP contribution is -2.38. The number of carbonyl (C=O) groups is 1. The molecule has 0 atom stereocenters. The topological polar surface area (TPSA) is 69.7 Å². The van der Waals surface area contributed by atoms with Gasteiger partial charge < -0.3 is 10.2 Å². The second-order valence-corrected chi connectivity index (χ2v) is 10.8. The van der Waals surface area contributed by atoms with E-state index in [4.69, 9.17) is 0 Å². The highest BCUT2D eigenvalue weighted by atomic mass is 32.2. The van der Waals surface area contributed by atoms with Crippen LogP contribution in [0.25, 0.3) is 0 Å². The smallest absolute Gasteiger partial charge is 0.264 e. The lowest BCUT2D eigenvalue weighted by atomic mass is 9.95. The number of rotatable bonds is 5. The van der Waals surface area contributed by atoms with E-state index >= 15 is 0 Å². The van der Waals surface area contributed by atoms with Crippen LogP contribution in [-0.2, 0) is 21.2 Å². The summed E-state index contributed by atoms with van der Waals surface area (Å²) in [6, 6.07) is 24.4. The minimum atomic E-state index is -3.66. The molecule has 1 saturated heterocycles. The Morgan fingerprint density at radius 3 is 2.24 bits per heavy atom. The number of aryl methyl sites for hydroxylation is 1. The quantitative estimate of drug-likeness (QED) is 0.582. The summed E-state index contributed by atoms with van der Waals surface area (Å²) in [6.07, 6.45) is 3.27. The number of carbonyl (C=O) groups excluding carboxylic acids is 1. The Balaban J connectivity index is 1.22. The molecule has 0 radical (unpaired) electrons. The van der Waals surface area contributed by atoms with Gasteiger partial charge in [0.15, 0.2) is 0 Å². The van der Waals surface area contributed by atoms with E-state index < -0.39 is 10.0 Å². The molecule has 0 aliphatic carbocycles. The second kappa shape index (κ2) is 9.50. The highest BCUT2D eigenvalue weighted by molar-refractivity contribution is 7.92. The number of nitrogens with one attached hydrogen (secondary N) is 1. The molecule has 176 valence electrons. The zero-order valence-corrected chi connectivity index (χ0v) is 19.9. The number of fused-ring (bicyclic) bond motifs is 1. The SMILES string of the molecule is O=C(Nc1ccc(S(=O)(=O)N2CCCc3ccccc32)cc1)C1CCN(c2ccccc2)CC1. The molecule has 0 aromatic heterocycles. The van der Waals surface area contributed by atoms with Crippen molar-refractivity contribution >= 4 is 33.0 Å². The molecular formula is C27H29N3O3S. The summed E-state index contributed by atoms with van der Waals surface area (Å²) in [6.45, 7) is 2.16. The predicted octanol–water partition coefficient (Wildman–Crippen LogP) is 4.68. The molecule has 2 aliphatic heterocycles. The number of piperidine rings is 1. The number of hydrogen-bond donors (Lipinski definition) is 1. The lowest BCUT2D eigenvalue weighted by molar-refractivity contribution is -0.120. The van der Waals surface area contributed by atoms with Gasteiger partial charge in [0, 0.05) is 36.9 Å². The van der Waals surface area contributed by atoms with Crippen LogP contribution in [0.15, 0.2) is 83.8 Å². The second-order valence-electron chi connectivity index (χ2n) is 8.92. The summed E-state index contributed by atoms with van der Waals surface area (Å²) in [5.74, 6) is -0.0542. The normalized spacial score (nSPS) is 16.7. The van der Waals surface area contributed by atoms with Gasteiger partial charge in [-0.25, -0.2) is 8.42 Å². The van der Waals surface area contributed by atoms with Crippen LogP contribution in [0.2, 0.25) is 0 Å². The molecule has 1 N–H and O–H groups in total. The Bertz CT molecular complexity index is 1250. The van der Waals surface area contributed by atoms with Crippen LogP contribution in [-0.4, -0.2) is 34.0 Å². The van der Waals surface area contributed by atoms with Crippen molar-refractivity contribution in [3.63, 3.8) is 0 Å². The highest BCUT2D eigenvalue weighted by Crippen LogP contribution is 2.32. The molecule has 3 aromatic rings. The van der Waals surface area contributed by atoms with E-state index in [0.29, 0.717) is 12.2 Å². The first-order valence-electron chi connectivity index (χ1n) is 11.8. The maximum absolute atomic E-state index is 13.3. The fourth-order valence-electron chi connectivity index (χ4n) is 4.87. The van der Waals surface area contributed by atoms with Crippen LogP contribution >= 0.6 is 0 Å². The Morgan fingerprint density at radius 2 is 1.50 bits per heavy atom. The van der Waals surface area contributed by atoms with Gasteiger partial charge in [0.2, 0.25) is 5.91 Å². The third kappa shape index (κ3) is 4.53. The minimum absolute atomic E-state index is 0.00623. The Hall–Kier alpha value is -3.32. The van der Waals surface area contributed by atoms with Crippen LogP contribution in [0.5, 0.6) is 0 Å². The van der Waals surface area contributed by atoms with Crippen molar-refractivity contribution in [3.8, 4) is 0 Å². The lowest BCUT2D eigenvalue weighted by Gasteiger charge is -2.33. The van der Waals surface area contributed by atoms with Crippen molar-refractivity contribution in [2.45, 2.75) is 30.6 Å². The van der Waals surface area contributed by atoms with Crippen molar-refractivity contribution in [3.05, 3.63) is 84.4 Å². The van der Waals surface area contributed by atoms with E-state index in [-0.39, 0.29) is 16.7 Å². The van der Waals surface area contributed by atoms with Crippen LogP contribution in [0, 0.1) is 5.92 Å². The first-order valence-corrected chi connectivity index (χ1v) is 13.3. The van der Waals surface area contributed by atoms with Gasteiger partial charge in [-0.3, -0.25) is 9.10 Å². The average Bonchev–Trinajstić information content (AvgIpc) is 2.89. The van der Waals surface area contributed by atoms with E-state index in [2.05, 4.69) is 22.3 Å². The molecule has 2 aliphatic rings. The molecule has 7 heteroatoms.